The number of carbonyl (C=O) groups is 4. The lowest BCUT2D eigenvalue weighted by Gasteiger charge is -2.40. The summed E-state index contributed by atoms with van der Waals surface area (Å²) in [5.41, 5.74) is -1.85. The zero-order valence-electron chi connectivity index (χ0n) is 33.1. The van der Waals surface area contributed by atoms with Gasteiger partial charge >= 0.3 is 6.09 Å². The third-order valence-corrected chi connectivity index (χ3v) is 15.9. The molecule has 1 aromatic carbocycles. The number of ether oxygens (including phenoxy) is 1. The first kappa shape index (κ1) is 39.4. The molecule has 10 atom stereocenters. The summed E-state index contributed by atoms with van der Waals surface area (Å²) in [6, 6.07) is 4.31. The number of hydrogen-bond acceptors (Lipinski definition) is 9. The van der Waals surface area contributed by atoms with E-state index in [-0.39, 0.29) is 49.3 Å². The highest BCUT2D eigenvalue weighted by Crippen LogP contribution is 2.54. The monoisotopic (exact) mass is 806 g/mol. The third-order valence-electron chi connectivity index (χ3n) is 13.7. The van der Waals surface area contributed by atoms with E-state index in [1.165, 1.54) is 14.5 Å². The Hall–Kier alpha value is -4.47. The molecule has 0 bridgehead atoms. The van der Waals surface area contributed by atoms with Gasteiger partial charge in [-0.3, -0.25) is 28.8 Å². The van der Waals surface area contributed by atoms with Gasteiger partial charge in [0.25, 0.3) is 11.5 Å². The molecule has 8 rings (SSSR count). The number of amides is 4. The molecule has 15 nitrogen and oxygen atoms in total. The normalized spacial score (nSPS) is 35.1. The highest BCUT2D eigenvalue weighted by molar-refractivity contribution is 7.91. The number of allylic oxidation sites excluding steroid dienone is 1. The van der Waals surface area contributed by atoms with Gasteiger partial charge in [0.2, 0.25) is 27.7 Å². The smallest absolute Gasteiger partial charge is 0.408 e. The van der Waals surface area contributed by atoms with Crippen LogP contribution in [0.5, 0.6) is 5.88 Å². The van der Waals surface area contributed by atoms with E-state index in [1.54, 1.807) is 38.1 Å². The number of nitrogens with one attached hydrogen (secondary N) is 2. The molecule has 2 aliphatic heterocycles. The first-order valence-corrected chi connectivity index (χ1v) is 22.1. The highest BCUT2D eigenvalue weighted by Gasteiger charge is 2.63. The van der Waals surface area contributed by atoms with Crippen molar-refractivity contribution in [3.05, 3.63) is 46.8 Å². The predicted molar refractivity (Wildman–Crippen MR) is 209 cm³/mol. The maximum atomic E-state index is 15.2. The molecular formula is C41H54N6O9S. The Balaban J connectivity index is 1.17. The molecule has 1 unspecified atom stereocenters. The van der Waals surface area contributed by atoms with Crippen LogP contribution in [0.4, 0.5) is 4.79 Å². The van der Waals surface area contributed by atoms with Gasteiger partial charge in [-0.05, 0) is 107 Å². The highest BCUT2D eigenvalue weighted by atomic mass is 32.2. The lowest BCUT2D eigenvalue weighted by molar-refractivity contribution is -0.145. The van der Waals surface area contributed by atoms with Crippen molar-refractivity contribution in [3.63, 3.8) is 0 Å². The average molecular weight is 807 g/mol. The number of benzene rings is 1. The Bertz CT molecular complexity index is 2180. The van der Waals surface area contributed by atoms with Crippen molar-refractivity contribution in [2.45, 2.75) is 133 Å². The maximum Gasteiger partial charge on any atom is 0.408 e. The van der Waals surface area contributed by atoms with Gasteiger partial charge in [-0.15, -0.1) is 5.10 Å². The zero-order valence-corrected chi connectivity index (χ0v) is 33.9. The summed E-state index contributed by atoms with van der Waals surface area (Å²) in [5.74, 6) is -1.68. The van der Waals surface area contributed by atoms with E-state index < -0.39 is 74.1 Å². The first-order valence-electron chi connectivity index (χ1n) is 20.6. The fourth-order valence-corrected chi connectivity index (χ4v) is 11.2. The number of sulfonamides is 1. The average Bonchev–Trinajstić information content (AvgIpc) is 4.12. The van der Waals surface area contributed by atoms with Crippen LogP contribution in [0.25, 0.3) is 10.8 Å². The van der Waals surface area contributed by atoms with Crippen molar-refractivity contribution in [2.75, 3.05) is 6.54 Å². The van der Waals surface area contributed by atoms with E-state index in [0.29, 0.717) is 61.1 Å². The molecule has 3 N–H and O–H groups in total. The predicted octanol–water partition coefficient (Wildman–Crippen LogP) is 3.80. The number of hydrogen-bond donors (Lipinski definition) is 3. The Labute approximate surface area is 332 Å². The zero-order chi connectivity index (χ0) is 40.6. The Morgan fingerprint density at radius 2 is 1.75 bits per heavy atom. The van der Waals surface area contributed by atoms with Crippen LogP contribution in [0, 0.1) is 29.6 Å². The summed E-state index contributed by atoms with van der Waals surface area (Å²) >= 11 is 0. The van der Waals surface area contributed by atoms with Crippen LogP contribution < -0.4 is 20.3 Å². The van der Waals surface area contributed by atoms with Crippen LogP contribution in [0.1, 0.15) is 91.9 Å². The Morgan fingerprint density at radius 3 is 2.42 bits per heavy atom. The summed E-state index contributed by atoms with van der Waals surface area (Å²) < 4.78 is 35.5. The van der Waals surface area contributed by atoms with Crippen LogP contribution in [0.3, 0.4) is 0 Å². The van der Waals surface area contributed by atoms with Gasteiger partial charge in [-0.2, -0.15) is 0 Å². The van der Waals surface area contributed by atoms with E-state index in [4.69, 9.17) is 4.74 Å². The molecular weight excluding hydrogens is 753 g/mol. The second kappa shape index (κ2) is 14.4. The number of nitrogens with zero attached hydrogens (tertiary/aromatic N) is 4. The lowest BCUT2D eigenvalue weighted by Crippen LogP contribution is -2.61. The van der Waals surface area contributed by atoms with Gasteiger partial charge < -0.3 is 20.1 Å². The van der Waals surface area contributed by atoms with Crippen molar-refractivity contribution in [1.29, 1.82) is 0 Å². The number of carbonyl (C=O) groups excluding carboxylic acids is 3. The van der Waals surface area contributed by atoms with Gasteiger partial charge in [0.15, 0.2) is 0 Å². The minimum Gasteiger partial charge on any atom is -0.471 e. The summed E-state index contributed by atoms with van der Waals surface area (Å²) in [4.78, 5) is 73.1. The van der Waals surface area contributed by atoms with Gasteiger partial charge in [-0.25, -0.2) is 17.9 Å². The molecule has 6 aliphatic rings. The van der Waals surface area contributed by atoms with Crippen LogP contribution in [-0.4, -0.2) is 98.0 Å². The molecule has 5 fully saturated rings. The maximum absolute atomic E-state index is 15.2. The molecule has 2 aromatic rings. The molecule has 4 aliphatic carbocycles. The molecule has 1 saturated heterocycles. The lowest BCUT2D eigenvalue weighted by atomic mass is 9.86. The summed E-state index contributed by atoms with van der Waals surface area (Å²) in [7, 11) is -4.03. The van der Waals surface area contributed by atoms with Crippen LogP contribution >= 0.6 is 0 Å². The van der Waals surface area contributed by atoms with Crippen LogP contribution in [0.15, 0.2) is 41.2 Å². The van der Waals surface area contributed by atoms with Gasteiger partial charge in [-0.1, -0.05) is 38.1 Å². The van der Waals surface area contributed by atoms with Crippen molar-refractivity contribution < 1.29 is 37.4 Å². The molecule has 0 spiro atoms. The first-order chi connectivity index (χ1) is 27.1. The van der Waals surface area contributed by atoms with Crippen molar-refractivity contribution in [2.24, 2.45) is 29.6 Å². The summed E-state index contributed by atoms with van der Waals surface area (Å²) in [6.07, 6.45) is 7.27. The molecule has 0 radical (unpaired) electrons. The van der Waals surface area contributed by atoms with Crippen molar-refractivity contribution in [1.82, 2.24) is 29.6 Å². The fraction of sp³-hybridized carbons (Fsp3) is 0.659. The second-order valence-electron chi connectivity index (χ2n) is 17.9. The quantitative estimate of drug-likeness (QED) is 0.330. The van der Waals surface area contributed by atoms with Crippen molar-refractivity contribution in [3.8, 4) is 5.88 Å². The van der Waals surface area contributed by atoms with Gasteiger partial charge in [0, 0.05) is 24.9 Å². The molecule has 3 heterocycles. The van der Waals surface area contributed by atoms with E-state index in [9.17, 15) is 32.7 Å². The largest absolute Gasteiger partial charge is 0.471 e. The van der Waals surface area contributed by atoms with E-state index in [1.807, 2.05) is 19.1 Å². The van der Waals surface area contributed by atoms with Gasteiger partial charge in [0.05, 0.1) is 22.1 Å². The number of fused-ring (bicyclic) bond motifs is 4. The number of carboxylic acid groups (broad SMARTS) is 1. The standard InChI is InChI=1S/C41H54N6O9S/c1-5-46-36(49)31-13-9-8-12-30(31)35(43-46)56-29-20-32-34(48)42-41(38(51)44-57(54,55)40(4)14-15-40)21-27(41)11-7-6-10-23(2)16-24(3)33(37(50)45(32)22-29)47(39(52)53)28-18-25-17-26(25)19-28/h7-9,11-13,23-29,32-33H,5-6,10,14-22H2,1-4H3,(H,42,48)(H,44,51)(H,52,53)/b11-7-/t23-,24-,25+,26?,27-,28-,29-,32+,33+,41-/m1/s1. The molecule has 16 heteroatoms. The summed E-state index contributed by atoms with van der Waals surface area (Å²) in [5, 5.41) is 19.1. The molecule has 1 aromatic heterocycles. The molecule has 4 amide bonds. The number of rotatable bonds is 8. The van der Waals surface area contributed by atoms with E-state index in [2.05, 4.69) is 22.1 Å². The van der Waals surface area contributed by atoms with Crippen LogP contribution in [-0.2, 0) is 31.0 Å². The van der Waals surface area contributed by atoms with Crippen LogP contribution in [0.2, 0.25) is 0 Å². The molecule has 57 heavy (non-hydrogen) atoms. The summed E-state index contributed by atoms with van der Waals surface area (Å²) in [6.45, 7) is 7.56. The minimum atomic E-state index is -4.03. The van der Waals surface area contributed by atoms with E-state index >= 15 is 4.79 Å². The number of aromatic nitrogens is 2. The topological polar surface area (TPSA) is 197 Å². The SMILES string of the molecule is CCn1nc(O[C@@H]2C[C@H]3C(=O)N[C@]4(C(=O)NS(=O)(=O)C5(C)CC5)C[C@H]4/C=C\CC[C@@H](C)C[C@@H](C)[C@H](N(C(=O)O)[C@H]4CC5C[C@H]5C4)C(=O)N3C2)c2ccccc2c1=O. The molecule has 4 saturated carbocycles. The van der Waals surface area contributed by atoms with E-state index in [0.717, 1.165) is 12.8 Å². The van der Waals surface area contributed by atoms with Gasteiger partial charge in [0.1, 0.15) is 23.7 Å². The Kier molecular flexibility index (Phi) is 9.96. The van der Waals surface area contributed by atoms with Crippen molar-refractivity contribution >= 4 is 44.6 Å². The molecule has 308 valence electrons. The Morgan fingerprint density at radius 1 is 1.05 bits per heavy atom. The fourth-order valence-electron chi connectivity index (χ4n) is 9.85. The minimum absolute atomic E-state index is 0.0223. The number of aryl methyl sites for hydroxylation is 1. The third kappa shape index (κ3) is 7.20. The second-order valence-corrected chi connectivity index (χ2v) is 20.1.